The molecule has 0 aromatic heterocycles. The Labute approximate surface area is 82.5 Å². The van der Waals surface area contributed by atoms with E-state index in [2.05, 4.69) is 5.32 Å². The maximum atomic E-state index is 10.7. The fourth-order valence-corrected chi connectivity index (χ4v) is 0.980. The zero-order chi connectivity index (χ0) is 10.7. The van der Waals surface area contributed by atoms with Gasteiger partial charge in [0, 0.05) is 33.1 Å². The summed E-state index contributed by atoms with van der Waals surface area (Å²) in [5.74, 6) is 0.191. The number of amides is 1. The Morgan fingerprint density at radius 3 is 1.69 bits per heavy atom. The molecule has 1 aliphatic heterocycles. The second kappa shape index (κ2) is 11.4. The van der Waals surface area contributed by atoms with Gasteiger partial charge in [0.1, 0.15) is 0 Å². The van der Waals surface area contributed by atoms with E-state index in [1.807, 2.05) is 32.6 Å². The molecule has 0 spiro atoms. The number of hydrogen-bond acceptors (Lipinski definition) is 2. The molecule has 0 unspecified atom stereocenters. The Hall–Kier alpha value is -0.570. The highest BCUT2D eigenvalue weighted by atomic mass is 16.2. The molecule has 1 N–H and O–H groups in total. The molecule has 3 nitrogen and oxygen atoms in total. The van der Waals surface area contributed by atoms with Crippen LogP contribution < -0.4 is 5.32 Å². The van der Waals surface area contributed by atoms with Crippen LogP contribution in [0.25, 0.3) is 0 Å². The van der Waals surface area contributed by atoms with Crippen molar-refractivity contribution >= 4 is 5.91 Å². The molecule has 0 atom stereocenters. The Morgan fingerprint density at radius 2 is 1.46 bits per heavy atom. The predicted octanol–water partition coefficient (Wildman–Crippen LogP) is 1.49. The van der Waals surface area contributed by atoms with Crippen molar-refractivity contribution in [3.05, 3.63) is 0 Å². The second-order valence-corrected chi connectivity index (χ2v) is 2.26. The Bertz CT molecular complexity index is 109. The van der Waals surface area contributed by atoms with Crippen LogP contribution in [0, 0.1) is 0 Å². The number of carbonyl (C=O) groups is 1. The SMILES string of the molecule is CC.CC.CC(=O)N1CCNCC1. The number of rotatable bonds is 0. The van der Waals surface area contributed by atoms with Crippen LogP contribution in [0.1, 0.15) is 34.6 Å². The predicted molar refractivity (Wildman–Crippen MR) is 57.8 cm³/mol. The number of carbonyl (C=O) groups excluding carboxylic acids is 1. The molecule has 80 valence electrons. The molecule has 0 aromatic carbocycles. The zero-order valence-corrected chi connectivity index (χ0v) is 9.68. The topological polar surface area (TPSA) is 32.3 Å². The van der Waals surface area contributed by atoms with E-state index in [4.69, 9.17) is 0 Å². The van der Waals surface area contributed by atoms with E-state index in [1.54, 1.807) is 6.92 Å². The average Bonchev–Trinajstić information content (AvgIpc) is 2.25. The van der Waals surface area contributed by atoms with Gasteiger partial charge in [0.2, 0.25) is 5.91 Å². The van der Waals surface area contributed by atoms with Crippen molar-refractivity contribution in [1.82, 2.24) is 10.2 Å². The summed E-state index contributed by atoms with van der Waals surface area (Å²) in [4.78, 5) is 12.6. The largest absolute Gasteiger partial charge is 0.340 e. The molecule has 1 aliphatic rings. The Balaban J connectivity index is 0. The summed E-state index contributed by atoms with van der Waals surface area (Å²) in [7, 11) is 0. The molecule has 1 fully saturated rings. The normalized spacial score (nSPS) is 14.7. The third kappa shape index (κ3) is 7.78. The van der Waals surface area contributed by atoms with Crippen molar-refractivity contribution < 1.29 is 4.79 Å². The summed E-state index contributed by atoms with van der Waals surface area (Å²) in [6.07, 6.45) is 0. The van der Waals surface area contributed by atoms with E-state index in [0.29, 0.717) is 0 Å². The number of nitrogens with one attached hydrogen (secondary N) is 1. The van der Waals surface area contributed by atoms with Gasteiger partial charge in [0.15, 0.2) is 0 Å². The van der Waals surface area contributed by atoms with Crippen molar-refractivity contribution in [3.8, 4) is 0 Å². The molecule has 1 heterocycles. The van der Waals surface area contributed by atoms with Crippen LogP contribution in [0.3, 0.4) is 0 Å². The smallest absolute Gasteiger partial charge is 0.219 e. The van der Waals surface area contributed by atoms with E-state index in [0.717, 1.165) is 26.2 Å². The van der Waals surface area contributed by atoms with Gasteiger partial charge in [-0.2, -0.15) is 0 Å². The zero-order valence-electron chi connectivity index (χ0n) is 9.68. The van der Waals surface area contributed by atoms with E-state index in [1.165, 1.54) is 0 Å². The van der Waals surface area contributed by atoms with Gasteiger partial charge in [-0.15, -0.1) is 0 Å². The first-order valence-corrected chi connectivity index (χ1v) is 5.27. The average molecular weight is 188 g/mol. The second-order valence-electron chi connectivity index (χ2n) is 2.26. The van der Waals surface area contributed by atoms with Gasteiger partial charge in [-0.25, -0.2) is 0 Å². The van der Waals surface area contributed by atoms with Crippen LogP contribution in [0.15, 0.2) is 0 Å². The van der Waals surface area contributed by atoms with Gasteiger partial charge in [-0.3, -0.25) is 4.79 Å². The monoisotopic (exact) mass is 188 g/mol. The van der Waals surface area contributed by atoms with Gasteiger partial charge in [-0.1, -0.05) is 27.7 Å². The van der Waals surface area contributed by atoms with Crippen LogP contribution in [0.2, 0.25) is 0 Å². The van der Waals surface area contributed by atoms with E-state index < -0.39 is 0 Å². The molecule has 0 aliphatic carbocycles. The third-order valence-corrected chi connectivity index (χ3v) is 1.56. The first-order valence-electron chi connectivity index (χ1n) is 5.27. The van der Waals surface area contributed by atoms with Crippen molar-refractivity contribution in [1.29, 1.82) is 0 Å². The molecule has 3 heteroatoms. The van der Waals surface area contributed by atoms with Gasteiger partial charge < -0.3 is 10.2 Å². The highest BCUT2D eigenvalue weighted by Crippen LogP contribution is 1.90. The molecule has 0 radical (unpaired) electrons. The summed E-state index contributed by atoms with van der Waals surface area (Å²) in [6, 6.07) is 0. The van der Waals surface area contributed by atoms with Crippen LogP contribution in [0.4, 0.5) is 0 Å². The molecule has 1 amide bonds. The third-order valence-electron chi connectivity index (χ3n) is 1.56. The van der Waals surface area contributed by atoms with Crippen LogP contribution in [-0.2, 0) is 4.79 Å². The van der Waals surface area contributed by atoms with Crippen LogP contribution >= 0.6 is 0 Å². The fraction of sp³-hybridized carbons (Fsp3) is 0.900. The van der Waals surface area contributed by atoms with Crippen molar-refractivity contribution in [2.24, 2.45) is 0 Å². The van der Waals surface area contributed by atoms with E-state index >= 15 is 0 Å². The lowest BCUT2D eigenvalue weighted by Gasteiger charge is -2.25. The van der Waals surface area contributed by atoms with E-state index in [-0.39, 0.29) is 5.91 Å². The minimum Gasteiger partial charge on any atom is -0.340 e. The molecule has 1 saturated heterocycles. The van der Waals surface area contributed by atoms with Gasteiger partial charge in [0.05, 0.1) is 0 Å². The van der Waals surface area contributed by atoms with Crippen molar-refractivity contribution in [2.45, 2.75) is 34.6 Å². The molecule has 0 bridgehead atoms. The highest BCUT2D eigenvalue weighted by molar-refractivity contribution is 5.73. The summed E-state index contributed by atoms with van der Waals surface area (Å²) >= 11 is 0. The van der Waals surface area contributed by atoms with Gasteiger partial charge in [0.25, 0.3) is 0 Å². The van der Waals surface area contributed by atoms with Crippen molar-refractivity contribution in [2.75, 3.05) is 26.2 Å². The molecular weight excluding hydrogens is 164 g/mol. The maximum absolute atomic E-state index is 10.7. The standard InChI is InChI=1S/C6H12N2O.2C2H6/c1-6(9)8-4-2-7-3-5-8;2*1-2/h7H,2-5H2,1H3;2*1-2H3. The fourth-order valence-electron chi connectivity index (χ4n) is 0.980. The summed E-state index contributed by atoms with van der Waals surface area (Å²) < 4.78 is 0. The lowest BCUT2D eigenvalue weighted by atomic mass is 10.4. The molecule has 1 rings (SSSR count). The molecular formula is C10H24N2O. The minimum absolute atomic E-state index is 0.191. The number of hydrogen-bond donors (Lipinski definition) is 1. The number of nitrogens with zero attached hydrogens (tertiary/aromatic N) is 1. The van der Waals surface area contributed by atoms with Crippen molar-refractivity contribution in [3.63, 3.8) is 0 Å². The number of piperazine rings is 1. The lowest BCUT2D eigenvalue weighted by molar-refractivity contribution is -0.129. The quantitative estimate of drug-likeness (QED) is 0.624. The van der Waals surface area contributed by atoms with Crippen LogP contribution in [-0.4, -0.2) is 37.0 Å². The van der Waals surface area contributed by atoms with Crippen LogP contribution in [0.5, 0.6) is 0 Å². The van der Waals surface area contributed by atoms with E-state index in [9.17, 15) is 4.79 Å². The lowest BCUT2D eigenvalue weighted by Crippen LogP contribution is -2.45. The van der Waals surface area contributed by atoms with Gasteiger partial charge in [-0.05, 0) is 0 Å². The maximum Gasteiger partial charge on any atom is 0.219 e. The summed E-state index contributed by atoms with van der Waals surface area (Å²) in [5, 5.41) is 3.18. The highest BCUT2D eigenvalue weighted by Gasteiger charge is 2.10. The Kier molecular flexibility index (Phi) is 13.1. The first kappa shape index (κ1) is 14.9. The first-order chi connectivity index (χ1) is 6.30. The van der Waals surface area contributed by atoms with Gasteiger partial charge >= 0.3 is 0 Å². The minimum atomic E-state index is 0.191. The molecule has 0 aromatic rings. The summed E-state index contributed by atoms with van der Waals surface area (Å²) in [6.45, 7) is 13.2. The molecule has 13 heavy (non-hydrogen) atoms. The Morgan fingerprint density at radius 1 is 1.08 bits per heavy atom. The summed E-state index contributed by atoms with van der Waals surface area (Å²) in [5.41, 5.74) is 0. The molecule has 0 saturated carbocycles.